The van der Waals surface area contributed by atoms with Gasteiger partial charge in [0.25, 0.3) is 5.91 Å². The average Bonchev–Trinajstić information content (AvgIpc) is 2.98. The van der Waals surface area contributed by atoms with Crippen LogP contribution in [0.5, 0.6) is 0 Å². The Bertz CT molecular complexity index is 636. The normalized spacial score (nSPS) is 18.4. The van der Waals surface area contributed by atoms with Crippen LogP contribution in [0.15, 0.2) is 24.3 Å². The summed E-state index contributed by atoms with van der Waals surface area (Å²) in [6.07, 6.45) is 4.90. The van der Waals surface area contributed by atoms with Crippen molar-refractivity contribution in [1.29, 1.82) is 0 Å². The molecule has 0 unspecified atom stereocenters. The Hall–Kier alpha value is -2.12. The summed E-state index contributed by atoms with van der Waals surface area (Å²) in [6.45, 7) is 5.95. The second-order valence-corrected chi connectivity index (χ2v) is 7.79. The van der Waals surface area contributed by atoms with Crippen molar-refractivity contribution in [3.63, 3.8) is 0 Å². The van der Waals surface area contributed by atoms with E-state index in [2.05, 4.69) is 10.2 Å². The summed E-state index contributed by atoms with van der Waals surface area (Å²) >= 11 is 0. The molecule has 0 radical (unpaired) electrons. The molecule has 0 bridgehead atoms. The van der Waals surface area contributed by atoms with Crippen molar-refractivity contribution in [3.05, 3.63) is 24.3 Å². The monoisotopic (exact) mass is 389 g/mol. The van der Waals surface area contributed by atoms with E-state index in [4.69, 9.17) is 4.74 Å². The Morgan fingerprint density at radius 1 is 1.07 bits per heavy atom. The SMILES string of the molecule is CN(CC(=O)Nc1ccc(N2CCOCC2)cc1)C(=O)C[NH+]1CCCCCC1. The zero-order chi connectivity index (χ0) is 19.8. The molecule has 2 N–H and O–H groups in total. The highest BCUT2D eigenvalue weighted by Gasteiger charge is 2.20. The molecule has 0 saturated carbocycles. The summed E-state index contributed by atoms with van der Waals surface area (Å²) in [7, 11) is 1.71. The maximum absolute atomic E-state index is 12.4. The zero-order valence-corrected chi connectivity index (χ0v) is 16.9. The molecule has 2 aliphatic rings. The standard InChI is InChI=1S/C21H32N4O3/c1-23(21(27)17-24-10-4-2-3-5-11-24)16-20(26)22-18-6-8-19(9-7-18)25-12-14-28-15-13-25/h6-9H,2-5,10-17H2,1H3,(H,22,26)/p+1. The van der Waals surface area contributed by atoms with Gasteiger partial charge >= 0.3 is 0 Å². The fourth-order valence-corrected chi connectivity index (χ4v) is 3.84. The smallest absolute Gasteiger partial charge is 0.277 e. The summed E-state index contributed by atoms with van der Waals surface area (Å²) in [5.41, 5.74) is 1.88. The van der Waals surface area contributed by atoms with Crippen LogP contribution in [-0.4, -0.2) is 76.2 Å². The maximum Gasteiger partial charge on any atom is 0.277 e. The van der Waals surface area contributed by atoms with Gasteiger partial charge in [0.2, 0.25) is 5.91 Å². The minimum atomic E-state index is -0.166. The summed E-state index contributed by atoms with van der Waals surface area (Å²) in [4.78, 5) is 29.9. The Kier molecular flexibility index (Phi) is 7.68. The Balaban J connectivity index is 1.44. The molecule has 0 spiro atoms. The molecule has 3 rings (SSSR count). The molecule has 0 aromatic heterocycles. The fraction of sp³-hybridized carbons (Fsp3) is 0.619. The number of morpholine rings is 1. The number of hydrogen-bond donors (Lipinski definition) is 2. The number of likely N-dealkylation sites (tertiary alicyclic amines) is 1. The van der Waals surface area contributed by atoms with Gasteiger partial charge in [-0.05, 0) is 49.9 Å². The third kappa shape index (κ3) is 6.21. The first-order valence-electron chi connectivity index (χ1n) is 10.4. The van der Waals surface area contributed by atoms with Crippen molar-refractivity contribution in [1.82, 2.24) is 4.90 Å². The van der Waals surface area contributed by atoms with Gasteiger partial charge < -0.3 is 24.8 Å². The lowest BCUT2D eigenvalue weighted by molar-refractivity contribution is -0.891. The highest BCUT2D eigenvalue weighted by molar-refractivity contribution is 5.94. The lowest BCUT2D eigenvalue weighted by Gasteiger charge is -2.28. The number of hydrogen-bond acceptors (Lipinski definition) is 4. The molecule has 2 aliphatic heterocycles. The van der Waals surface area contributed by atoms with Gasteiger partial charge in [0, 0.05) is 31.5 Å². The molecule has 2 fully saturated rings. The van der Waals surface area contributed by atoms with Crippen molar-refractivity contribution in [2.75, 3.05) is 69.7 Å². The van der Waals surface area contributed by atoms with Crippen molar-refractivity contribution in [2.45, 2.75) is 25.7 Å². The van der Waals surface area contributed by atoms with Gasteiger partial charge in [0.1, 0.15) is 0 Å². The predicted octanol–water partition coefficient (Wildman–Crippen LogP) is 0.379. The molecule has 154 valence electrons. The Morgan fingerprint density at radius 2 is 1.71 bits per heavy atom. The van der Waals surface area contributed by atoms with E-state index in [0.29, 0.717) is 6.54 Å². The van der Waals surface area contributed by atoms with E-state index in [1.54, 1.807) is 7.05 Å². The molecule has 28 heavy (non-hydrogen) atoms. The highest BCUT2D eigenvalue weighted by Crippen LogP contribution is 2.19. The minimum absolute atomic E-state index is 0.0368. The van der Waals surface area contributed by atoms with Crippen molar-refractivity contribution < 1.29 is 19.2 Å². The van der Waals surface area contributed by atoms with Gasteiger partial charge in [-0.2, -0.15) is 0 Å². The van der Waals surface area contributed by atoms with Gasteiger partial charge in [-0.25, -0.2) is 0 Å². The lowest BCUT2D eigenvalue weighted by Crippen LogP contribution is -3.13. The van der Waals surface area contributed by atoms with Crippen LogP contribution in [0, 0.1) is 0 Å². The van der Waals surface area contributed by atoms with Crippen LogP contribution in [0.2, 0.25) is 0 Å². The molecule has 2 saturated heterocycles. The van der Waals surface area contributed by atoms with E-state index in [1.807, 2.05) is 24.3 Å². The first-order valence-corrected chi connectivity index (χ1v) is 10.4. The molecule has 1 aromatic carbocycles. The van der Waals surface area contributed by atoms with E-state index >= 15 is 0 Å². The van der Waals surface area contributed by atoms with Crippen LogP contribution in [-0.2, 0) is 14.3 Å². The fourth-order valence-electron chi connectivity index (χ4n) is 3.84. The van der Waals surface area contributed by atoms with Crippen molar-refractivity contribution >= 4 is 23.2 Å². The number of amides is 2. The highest BCUT2D eigenvalue weighted by atomic mass is 16.5. The van der Waals surface area contributed by atoms with Gasteiger partial charge in [0.05, 0.1) is 32.8 Å². The number of quaternary nitrogens is 1. The average molecular weight is 390 g/mol. The molecule has 2 amide bonds. The summed E-state index contributed by atoms with van der Waals surface area (Å²) in [5.74, 6) is -0.129. The molecule has 7 heteroatoms. The largest absolute Gasteiger partial charge is 0.378 e. The zero-order valence-electron chi connectivity index (χ0n) is 16.9. The maximum atomic E-state index is 12.4. The third-order valence-electron chi connectivity index (χ3n) is 5.55. The van der Waals surface area contributed by atoms with Crippen molar-refractivity contribution in [3.8, 4) is 0 Å². The number of benzene rings is 1. The summed E-state index contributed by atoms with van der Waals surface area (Å²) in [5, 5.41) is 2.89. The van der Waals surface area contributed by atoms with E-state index in [9.17, 15) is 9.59 Å². The number of rotatable bonds is 6. The molecule has 7 nitrogen and oxygen atoms in total. The molecule has 2 heterocycles. The second kappa shape index (κ2) is 10.4. The number of nitrogens with zero attached hydrogens (tertiary/aromatic N) is 2. The number of likely N-dealkylation sites (N-methyl/N-ethyl adjacent to an activating group) is 1. The van der Waals surface area contributed by atoms with E-state index in [0.717, 1.165) is 50.8 Å². The van der Waals surface area contributed by atoms with Crippen molar-refractivity contribution in [2.24, 2.45) is 0 Å². The van der Waals surface area contributed by atoms with E-state index < -0.39 is 0 Å². The number of anilines is 2. The van der Waals surface area contributed by atoms with Gasteiger partial charge in [0.15, 0.2) is 6.54 Å². The summed E-state index contributed by atoms with van der Waals surface area (Å²) < 4.78 is 5.38. The number of carbonyl (C=O) groups is 2. The first kappa shape index (κ1) is 20.6. The molecular weight excluding hydrogens is 356 g/mol. The van der Waals surface area contributed by atoms with Crippen LogP contribution in [0.3, 0.4) is 0 Å². The van der Waals surface area contributed by atoms with Crippen LogP contribution >= 0.6 is 0 Å². The Labute approximate surface area is 167 Å². The topological polar surface area (TPSA) is 66.3 Å². The Morgan fingerprint density at radius 3 is 2.36 bits per heavy atom. The quantitative estimate of drug-likeness (QED) is 0.738. The lowest BCUT2D eigenvalue weighted by atomic mass is 10.2. The predicted molar refractivity (Wildman–Crippen MR) is 110 cm³/mol. The number of nitrogens with one attached hydrogen (secondary N) is 2. The van der Waals surface area contributed by atoms with Gasteiger partial charge in [-0.3, -0.25) is 9.59 Å². The van der Waals surface area contributed by atoms with Crippen LogP contribution < -0.4 is 15.1 Å². The molecule has 0 aliphatic carbocycles. The van der Waals surface area contributed by atoms with Crippen LogP contribution in [0.4, 0.5) is 11.4 Å². The third-order valence-corrected chi connectivity index (χ3v) is 5.55. The van der Waals surface area contributed by atoms with E-state index in [-0.39, 0.29) is 18.4 Å². The number of carbonyl (C=O) groups excluding carboxylic acids is 2. The number of ether oxygens (including phenoxy) is 1. The molecule has 1 aromatic rings. The summed E-state index contributed by atoms with van der Waals surface area (Å²) in [6, 6.07) is 7.84. The minimum Gasteiger partial charge on any atom is -0.378 e. The molecular formula is C21H33N4O3+. The van der Waals surface area contributed by atoms with Crippen LogP contribution in [0.1, 0.15) is 25.7 Å². The van der Waals surface area contributed by atoms with Crippen LogP contribution in [0.25, 0.3) is 0 Å². The first-order chi connectivity index (χ1) is 13.6. The molecule has 0 atom stereocenters. The van der Waals surface area contributed by atoms with E-state index in [1.165, 1.54) is 35.5 Å². The van der Waals surface area contributed by atoms with Gasteiger partial charge in [-0.1, -0.05) is 0 Å². The van der Waals surface area contributed by atoms with Gasteiger partial charge in [-0.15, -0.1) is 0 Å². The second-order valence-electron chi connectivity index (χ2n) is 7.79.